The number of carboxylic acids is 1. The number of aromatic amines is 1. The Morgan fingerprint density at radius 2 is 2.04 bits per heavy atom. The number of aliphatic carboxylic acids is 1. The van der Waals surface area contributed by atoms with Gasteiger partial charge in [-0.1, -0.05) is 26.8 Å². The first-order valence-electron chi connectivity index (χ1n) is 16.1. The van der Waals surface area contributed by atoms with Crippen LogP contribution in [0.3, 0.4) is 0 Å². The highest BCUT2D eigenvalue weighted by Gasteiger charge is 2.27. The van der Waals surface area contributed by atoms with E-state index in [4.69, 9.17) is 9.72 Å². The van der Waals surface area contributed by atoms with E-state index in [1.807, 2.05) is 31.1 Å². The molecule has 0 bridgehead atoms. The van der Waals surface area contributed by atoms with Gasteiger partial charge < -0.3 is 24.9 Å². The van der Waals surface area contributed by atoms with Gasteiger partial charge in [-0.05, 0) is 42.3 Å². The number of anilines is 2. The number of hydrogen-bond donors (Lipinski definition) is 3. The van der Waals surface area contributed by atoms with Gasteiger partial charge >= 0.3 is 6.09 Å². The summed E-state index contributed by atoms with van der Waals surface area (Å²) in [6.45, 7) is 6.55. The maximum absolute atomic E-state index is 13.9. The first kappa shape index (κ1) is 34.8. The van der Waals surface area contributed by atoms with Crippen LogP contribution in [0.4, 0.5) is 15.7 Å². The van der Waals surface area contributed by atoms with Gasteiger partial charge in [0.15, 0.2) is 23.7 Å². The number of ether oxygens (including phenoxy) is 1. The third kappa shape index (κ3) is 8.41. The summed E-state index contributed by atoms with van der Waals surface area (Å²) < 4.78 is 8.55. The van der Waals surface area contributed by atoms with Crippen molar-refractivity contribution in [1.82, 2.24) is 40.3 Å². The van der Waals surface area contributed by atoms with E-state index in [1.54, 1.807) is 30.5 Å². The monoisotopic (exact) mass is 713 g/mol. The van der Waals surface area contributed by atoms with Gasteiger partial charge in [0.2, 0.25) is 5.69 Å². The molecule has 5 aromatic heterocycles. The van der Waals surface area contributed by atoms with E-state index in [9.17, 15) is 24.3 Å². The topological polar surface area (TPSA) is 216 Å². The molecule has 3 N–H and O–H groups in total. The average molecular weight is 714 g/mol. The van der Waals surface area contributed by atoms with E-state index >= 15 is 0 Å². The van der Waals surface area contributed by atoms with Crippen LogP contribution in [0, 0.1) is 0 Å². The third-order valence-corrected chi connectivity index (χ3v) is 8.82. The number of hydrogen-bond acceptors (Lipinski definition) is 13. The predicted molar refractivity (Wildman–Crippen MR) is 184 cm³/mol. The van der Waals surface area contributed by atoms with Crippen molar-refractivity contribution in [1.29, 1.82) is 0 Å². The highest BCUT2D eigenvalue weighted by atomic mass is 32.1. The van der Waals surface area contributed by atoms with Gasteiger partial charge in [0.05, 0.1) is 17.8 Å². The Balaban J connectivity index is 1.24. The number of amides is 2. The molecule has 51 heavy (non-hydrogen) atoms. The minimum absolute atomic E-state index is 0.0353. The van der Waals surface area contributed by atoms with Gasteiger partial charge in [0, 0.05) is 41.2 Å². The van der Waals surface area contributed by atoms with Crippen molar-refractivity contribution in [3.8, 4) is 0 Å². The van der Waals surface area contributed by atoms with Gasteiger partial charge in [-0.15, -0.1) is 21.5 Å². The molecule has 6 rings (SSSR count). The molecular formula is C33H35N11O6S. The normalized spacial score (nSPS) is 14.9. The van der Waals surface area contributed by atoms with Crippen LogP contribution in [0.25, 0.3) is 17.8 Å². The number of nitrogens with one attached hydrogen (secondary N) is 3. The van der Waals surface area contributed by atoms with Crippen LogP contribution in [0.15, 0.2) is 52.9 Å². The maximum Gasteiger partial charge on any atom is 0.407 e. The lowest BCUT2D eigenvalue weighted by Gasteiger charge is -2.33. The SMILES string of the molecule is CC(C)(C)c1csc(NC(=O)c2ccn3c(=O)c(/C=C/c4nn[nH]n4)c(N4CCC[C@@H](OC(=O)NCc5cccc[n+]5CC(=O)[O-])C4)nc3c2)n1. The summed E-state index contributed by atoms with van der Waals surface area (Å²) in [5, 5.41) is 32.8. The molecule has 17 nitrogen and oxygen atoms in total. The number of nitrogens with zero attached hydrogens (tertiary/aromatic N) is 8. The first-order valence-corrected chi connectivity index (χ1v) is 16.9. The Bertz CT molecular complexity index is 2160. The van der Waals surface area contributed by atoms with E-state index in [2.05, 4.69) is 36.2 Å². The number of rotatable bonds is 10. The lowest BCUT2D eigenvalue weighted by Crippen LogP contribution is -2.48. The Kier molecular flexibility index (Phi) is 10.1. The van der Waals surface area contributed by atoms with Crippen LogP contribution >= 0.6 is 11.3 Å². The molecule has 0 unspecified atom stereocenters. The fourth-order valence-electron chi connectivity index (χ4n) is 5.46. The van der Waals surface area contributed by atoms with Crippen molar-refractivity contribution < 1.29 is 28.8 Å². The van der Waals surface area contributed by atoms with Gasteiger partial charge in [0.1, 0.15) is 30.1 Å². The second-order valence-electron chi connectivity index (χ2n) is 12.8. The van der Waals surface area contributed by atoms with Crippen LogP contribution in [0.5, 0.6) is 0 Å². The molecule has 1 aliphatic rings. The highest BCUT2D eigenvalue weighted by Crippen LogP contribution is 2.27. The van der Waals surface area contributed by atoms with Crippen LogP contribution in [-0.2, 0) is 28.0 Å². The molecule has 264 valence electrons. The summed E-state index contributed by atoms with van der Waals surface area (Å²) >= 11 is 1.33. The summed E-state index contributed by atoms with van der Waals surface area (Å²) in [7, 11) is 0. The van der Waals surface area contributed by atoms with Crippen molar-refractivity contribution in [3.05, 3.63) is 86.8 Å². The molecule has 0 radical (unpaired) electrons. The van der Waals surface area contributed by atoms with Crippen LogP contribution < -0.4 is 30.8 Å². The van der Waals surface area contributed by atoms with E-state index in [-0.39, 0.29) is 47.6 Å². The molecule has 6 heterocycles. The molecule has 2 amide bonds. The number of tetrazole rings is 1. The zero-order valence-corrected chi connectivity index (χ0v) is 28.8. The lowest BCUT2D eigenvalue weighted by atomic mass is 9.93. The molecule has 1 fully saturated rings. The number of carboxylic acid groups (broad SMARTS) is 1. The van der Waals surface area contributed by atoms with E-state index in [0.29, 0.717) is 36.0 Å². The second-order valence-corrected chi connectivity index (χ2v) is 13.7. The minimum atomic E-state index is -1.25. The second kappa shape index (κ2) is 14.8. The number of aromatic nitrogens is 8. The van der Waals surface area contributed by atoms with E-state index in [1.165, 1.54) is 44.7 Å². The predicted octanol–water partition coefficient (Wildman–Crippen LogP) is 1.32. The van der Waals surface area contributed by atoms with Crippen molar-refractivity contribution >= 4 is 58.1 Å². The van der Waals surface area contributed by atoms with Gasteiger partial charge in [0.25, 0.3) is 11.5 Å². The average Bonchev–Trinajstić information content (AvgIpc) is 3.80. The first-order chi connectivity index (χ1) is 24.4. The Morgan fingerprint density at radius 1 is 1.20 bits per heavy atom. The molecule has 1 atom stereocenters. The molecule has 5 aromatic rings. The molecule has 0 saturated carbocycles. The number of piperidine rings is 1. The molecule has 0 aromatic carbocycles. The summed E-state index contributed by atoms with van der Waals surface area (Å²) in [6.07, 6.45) is 6.13. The van der Waals surface area contributed by atoms with Gasteiger partial charge in [-0.2, -0.15) is 9.78 Å². The number of pyridine rings is 2. The molecule has 0 spiro atoms. The Labute approximate surface area is 295 Å². The number of carbonyl (C=O) groups excluding carboxylic acids is 3. The number of fused-ring (bicyclic) bond motifs is 1. The Morgan fingerprint density at radius 3 is 2.78 bits per heavy atom. The van der Waals surface area contributed by atoms with Crippen LogP contribution in [0.2, 0.25) is 0 Å². The lowest BCUT2D eigenvalue weighted by molar-refractivity contribution is -0.698. The van der Waals surface area contributed by atoms with Crippen molar-refractivity contribution in [3.63, 3.8) is 0 Å². The van der Waals surface area contributed by atoms with Gasteiger partial charge in [-0.25, -0.2) is 14.8 Å². The molecule has 1 saturated heterocycles. The number of H-pyrrole nitrogens is 1. The number of thiazole rings is 1. The molecule has 0 aliphatic carbocycles. The number of alkyl carbamates (subject to hydrolysis) is 1. The summed E-state index contributed by atoms with van der Waals surface area (Å²) in [5.41, 5.74) is 1.60. The zero-order valence-electron chi connectivity index (χ0n) is 28.0. The van der Waals surface area contributed by atoms with Crippen molar-refractivity contribution in [2.45, 2.75) is 58.2 Å². The molecule has 1 aliphatic heterocycles. The summed E-state index contributed by atoms with van der Waals surface area (Å²) in [6, 6.07) is 8.17. The van der Waals surface area contributed by atoms with E-state index < -0.39 is 29.6 Å². The highest BCUT2D eigenvalue weighted by molar-refractivity contribution is 7.14. The van der Waals surface area contributed by atoms with Gasteiger partial charge in [-0.3, -0.25) is 19.3 Å². The van der Waals surface area contributed by atoms with E-state index in [0.717, 1.165) is 5.69 Å². The maximum atomic E-state index is 13.9. The van der Waals surface area contributed by atoms with Crippen LogP contribution in [-0.4, -0.2) is 72.2 Å². The van der Waals surface area contributed by atoms with Crippen LogP contribution in [0.1, 0.15) is 66.7 Å². The van der Waals surface area contributed by atoms with Crippen molar-refractivity contribution in [2.24, 2.45) is 0 Å². The molecular weight excluding hydrogens is 679 g/mol. The number of carbonyl (C=O) groups is 3. The third-order valence-electron chi connectivity index (χ3n) is 8.06. The Hall–Kier alpha value is -6.04. The molecule has 18 heteroatoms. The minimum Gasteiger partial charge on any atom is -0.544 e. The summed E-state index contributed by atoms with van der Waals surface area (Å²) in [5.74, 6) is -1.07. The smallest absolute Gasteiger partial charge is 0.407 e. The summed E-state index contributed by atoms with van der Waals surface area (Å²) in [4.78, 5) is 62.4. The standard InChI is InChI=1S/C33H35N11O6S/c1-33(2,3)24-19-51-31(35-24)37-29(47)20-11-14-44-26(15-20)36-28(23(30(44)48)9-10-25-38-40-41-39-25)43-13-6-8-22(17-43)50-32(49)34-16-21-7-4-5-12-42(21)18-27(45)46/h4-5,7,9-12,14-15,19,22H,6,8,13,16-18H2,1-3H3,(H3-,34,35,37,38,39,40,41,45,46,47,49)/t22-/m1/s1. The van der Waals surface area contributed by atoms with Crippen molar-refractivity contribution in [2.75, 3.05) is 23.3 Å². The fourth-order valence-corrected chi connectivity index (χ4v) is 6.39. The largest absolute Gasteiger partial charge is 0.544 e. The quantitative estimate of drug-likeness (QED) is 0.175. The fraction of sp³-hybridized carbons (Fsp3) is 0.333. The zero-order chi connectivity index (χ0) is 36.1.